The lowest BCUT2D eigenvalue weighted by atomic mass is 9.96. The third-order valence-corrected chi connectivity index (χ3v) is 22.0. The van der Waals surface area contributed by atoms with Crippen LogP contribution in [0.3, 0.4) is 0 Å². The van der Waals surface area contributed by atoms with Crippen molar-refractivity contribution in [2.45, 2.75) is 13.1 Å². The van der Waals surface area contributed by atoms with Crippen molar-refractivity contribution in [2.24, 2.45) is 0 Å². The quantitative estimate of drug-likeness (QED) is 0.150. The van der Waals surface area contributed by atoms with E-state index < -0.39 is 16.1 Å². The Morgan fingerprint density at radius 2 is 0.688 bits per heavy atom. The van der Waals surface area contributed by atoms with Gasteiger partial charge in [0.1, 0.15) is 8.07 Å². The number of benzene rings is 9. The lowest BCUT2D eigenvalue weighted by molar-refractivity contribution is 1.08. The zero-order chi connectivity index (χ0) is 42.8. The molecule has 3 nitrogen and oxygen atoms in total. The summed E-state index contributed by atoms with van der Waals surface area (Å²) in [6, 6.07) is 82.1. The Labute approximate surface area is 376 Å². The minimum atomic E-state index is -2.88. The first-order valence-corrected chi connectivity index (χ1v) is 27.1. The number of rotatable bonds is 7. The van der Waals surface area contributed by atoms with E-state index in [0.717, 1.165) is 16.7 Å². The molecular weight excluding hydrogens is 807 g/mol. The van der Waals surface area contributed by atoms with Gasteiger partial charge in [0, 0.05) is 16.7 Å². The van der Waals surface area contributed by atoms with E-state index in [2.05, 4.69) is 231 Å². The Kier molecular flexibility index (Phi) is 8.97. The van der Waals surface area contributed by atoms with Crippen LogP contribution in [0.4, 0.5) is 0 Å². The molecule has 302 valence electrons. The molecule has 1 aromatic heterocycles. The van der Waals surface area contributed by atoms with E-state index in [1.54, 1.807) is 0 Å². The smallest absolute Gasteiger partial charge is 0.180 e. The van der Waals surface area contributed by atoms with Crippen LogP contribution in [-0.4, -0.2) is 31.1 Å². The first kappa shape index (κ1) is 38.1. The van der Waals surface area contributed by atoms with Crippen LogP contribution >= 0.6 is 0 Å². The van der Waals surface area contributed by atoms with Gasteiger partial charge < -0.3 is 0 Å². The van der Waals surface area contributed by atoms with Gasteiger partial charge in [-0.3, -0.25) is 0 Å². The number of hydrogen-bond acceptors (Lipinski definition) is 3. The molecule has 0 spiro atoms. The lowest BCUT2D eigenvalue weighted by Crippen LogP contribution is -2.72. The van der Waals surface area contributed by atoms with Crippen molar-refractivity contribution < 1.29 is 0 Å². The topological polar surface area (TPSA) is 38.7 Å². The summed E-state index contributed by atoms with van der Waals surface area (Å²) in [7, 11) is -4.97. The van der Waals surface area contributed by atoms with E-state index >= 15 is 0 Å². The second-order valence-electron chi connectivity index (χ2n) is 17.5. The van der Waals surface area contributed by atoms with E-state index in [1.807, 2.05) is 6.07 Å². The fraction of sp³-hybridized carbons (Fsp3) is 0.0339. The molecule has 0 atom stereocenters. The normalized spacial score (nSPS) is 13.7. The summed E-state index contributed by atoms with van der Waals surface area (Å²) in [6.45, 7) is 4.96. The van der Waals surface area contributed by atoms with Gasteiger partial charge >= 0.3 is 0 Å². The molecule has 0 fully saturated rings. The van der Waals surface area contributed by atoms with Crippen molar-refractivity contribution >= 4 is 47.3 Å². The Bertz CT molecular complexity index is 3350. The molecule has 0 saturated carbocycles. The van der Waals surface area contributed by atoms with Crippen molar-refractivity contribution in [3.8, 4) is 78.7 Å². The molecule has 0 aliphatic carbocycles. The van der Waals surface area contributed by atoms with E-state index in [9.17, 15) is 0 Å². The van der Waals surface area contributed by atoms with E-state index in [1.165, 1.54) is 75.6 Å². The molecule has 2 aliphatic heterocycles. The van der Waals surface area contributed by atoms with E-state index in [4.69, 9.17) is 15.0 Å². The molecule has 0 unspecified atom stereocenters. The molecule has 10 aromatic rings. The lowest BCUT2D eigenvalue weighted by Gasteiger charge is -2.31. The highest BCUT2D eigenvalue weighted by molar-refractivity contribution is 7.22. The van der Waals surface area contributed by atoms with Crippen LogP contribution in [0.25, 0.3) is 78.7 Å². The highest BCUT2D eigenvalue weighted by atomic mass is 28.3. The molecule has 0 amide bonds. The first-order chi connectivity index (χ1) is 31.5. The largest absolute Gasteiger partial charge is 0.208 e. The molecule has 2 aliphatic rings. The van der Waals surface area contributed by atoms with Crippen molar-refractivity contribution in [3.63, 3.8) is 0 Å². The molecule has 5 heteroatoms. The van der Waals surface area contributed by atoms with Gasteiger partial charge in [-0.05, 0) is 75.6 Å². The highest BCUT2D eigenvalue weighted by Crippen LogP contribution is 2.41. The second kappa shape index (κ2) is 15.1. The van der Waals surface area contributed by atoms with Crippen molar-refractivity contribution in [1.82, 2.24) is 15.0 Å². The van der Waals surface area contributed by atoms with Crippen molar-refractivity contribution in [1.29, 1.82) is 0 Å². The summed E-state index contributed by atoms with van der Waals surface area (Å²) in [5, 5.41) is 8.30. The van der Waals surface area contributed by atoms with Crippen molar-refractivity contribution in [3.05, 3.63) is 224 Å². The summed E-state index contributed by atoms with van der Waals surface area (Å²) < 4.78 is 0. The van der Waals surface area contributed by atoms with Crippen LogP contribution in [0.2, 0.25) is 13.1 Å². The highest BCUT2D eigenvalue weighted by Gasteiger charge is 2.50. The van der Waals surface area contributed by atoms with E-state index in [0.29, 0.717) is 17.5 Å². The SMILES string of the molecule is C[Si]1(C)c2cc(-c3ccccc3)ccc2-c2c(-c3nc(-c4ccccc4)nc(-c4cccc5c4-c4ccc(-c6ccccc6)cc4[Si]5(c4ccccc4)c4ccccc4)n3)cccc21. The average Bonchev–Trinajstić information content (AvgIpc) is 3.80. The Morgan fingerprint density at radius 1 is 0.281 bits per heavy atom. The van der Waals surface area contributed by atoms with Gasteiger partial charge in [0.05, 0.1) is 0 Å². The van der Waals surface area contributed by atoms with Gasteiger partial charge in [0.15, 0.2) is 25.5 Å². The van der Waals surface area contributed by atoms with Crippen LogP contribution in [0.15, 0.2) is 224 Å². The number of nitrogens with zero attached hydrogens (tertiary/aromatic N) is 3. The molecule has 3 heterocycles. The van der Waals surface area contributed by atoms with Crippen LogP contribution in [0, 0.1) is 0 Å². The fourth-order valence-corrected chi connectivity index (χ4v) is 19.0. The maximum absolute atomic E-state index is 5.58. The first-order valence-electron chi connectivity index (χ1n) is 22.1. The Morgan fingerprint density at radius 3 is 1.20 bits per heavy atom. The average molecular weight is 850 g/mol. The maximum atomic E-state index is 5.58. The zero-order valence-corrected chi connectivity index (χ0v) is 37.7. The summed E-state index contributed by atoms with van der Waals surface area (Å²) >= 11 is 0. The molecule has 0 saturated heterocycles. The molecule has 64 heavy (non-hydrogen) atoms. The molecule has 12 rings (SSSR count). The predicted octanol–water partition coefficient (Wildman–Crippen LogP) is 10.4. The fourth-order valence-electron chi connectivity index (χ4n) is 10.7. The summed E-state index contributed by atoms with van der Waals surface area (Å²) in [4.78, 5) is 16.4. The monoisotopic (exact) mass is 849 g/mol. The summed E-state index contributed by atoms with van der Waals surface area (Å²) in [5.74, 6) is 2.03. The minimum absolute atomic E-state index is 0.664. The standard InChI is InChI=1S/C59H43N3Si2/c1-63(2)51-32-18-30-49(55(51)47-36-34-43(38-53(47)63)40-20-8-3-9-21-40)58-60-57(42-24-12-5-13-25-42)61-59(62-58)50-31-19-33-52-56(50)48-37-35-44(41-22-10-4-11-23-41)39-54(48)64(52,45-26-14-6-15-27-45)46-28-16-7-17-29-46/h3-39H,1-2H3. The third kappa shape index (κ3) is 5.89. The predicted molar refractivity (Wildman–Crippen MR) is 272 cm³/mol. The molecule has 9 aromatic carbocycles. The molecular formula is C59H43N3Si2. The van der Waals surface area contributed by atoms with Gasteiger partial charge in [0.25, 0.3) is 0 Å². The van der Waals surface area contributed by atoms with Crippen LogP contribution in [-0.2, 0) is 0 Å². The van der Waals surface area contributed by atoms with Crippen LogP contribution in [0.1, 0.15) is 0 Å². The third-order valence-electron chi connectivity index (χ3n) is 13.6. The van der Waals surface area contributed by atoms with Gasteiger partial charge in [-0.1, -0.05) is 238 Å². The molecule has 0 radical (unpaired) electrons. The summed E-state index contributed by atoms with van der Waals surface area (Å²) in [5.41, 5.74) is 12.9. The number of aromatic nitrogens is 3. The molecule has 0 bridgehead atoms. The Balaban J connectivity index is 1.12. The minimum Gasteiger partial charge on any atom is -0.208 e. The van der Waals surface area contributed by atoms with Crippen molar-refractivity contribution in [2.75, 3.05) is 0 Å². The van der Waals surface area contributed by atoms with Gasteiger partial charge in [-0.25, -0.2) is 15.0 Å². The maximum Gasteiger partial charge on any atom is 0.180 e. The summed E-state index contributed by atoms with van der Waals surface area (Å²) in [6.07, 6.45) is 0. The van der Waals surface area contributed by atoms with Crippen LogP contribution < -0.4 is 31.1 Å². The number of hydrogen-bond donors (Lipinski definition) is 0. The molecule has 0 N–H and O–H groups in total. The van der Waals surface area contributed by atoms with E-state index in [-0.39, 0.29) is 0 Å². The van der Waals surface area contributed by atoms with Crippen LogP contribution in [0.5, 0.6) is 0 Å². The number of fused-ring (bicyclic) bond motifs is 6. The second-order valence-corrected chi connectivity index (χ2v) is 25.5. The van der Waals surface area contributed by atoms with Gasteiger partial charge in [-0.2, -0.15) is 0 Å². The Hall–Kier alpha value is -7.58. The van der Waals surface area contributed by atoms with Gasteiger partial charge in [0.2, 0.25) is 0 Å². The zero-order valence-electron chi connectivity index (χ0n) is 35.7. The van der Waals surface area contributed by atoms with Gasteiger partial charge in [-0.15, -0.1) is 0 Å².